The van der Waals surface area contributed by atoms with Crippen LogP contribution in [0, 0.1) is 0 Å². The Morgan fingerprint density at radius 3 is 2.31 bits per heavy atom. The lowest BCUT2D eigenvalue weighted by Crippen LogP contribution is -2.35. The zero-order chi connectivity index (χ0) is 23.3. The number of alkyl halides is 5. The molecule has 0 bridgehead atoms. The Morgan fingerprint density at radius 2 is 1.72 bits per heavy atom. The number of imidazole rings is 1. The third-order valence-electron chi connectivity index (χ3n) is 4.70. The van der Waals surface area contributed by atoms with Crippen LogP contribution in [0.25, 0.3) is 27.9 Å². The van der Waals surface area contributed by atoms with Gasteiger partial charge in [-0.1, -0.05) is 24.3 Å². The van der Waals surface area contributed by atoms with Crippen molar-refractivity contribution in [2.24, 2.45) is 5.84 Å². The van der Waals surface area contributed by atoms with Crippen LogP contribution in [-0.2, 0) is 12.5 Å². The topological polar surface area (TPSA) is 118 Å². The maximum Gasteiger partial charge on any atom is 0.461 e. The summed E-state index contributed by atoms with van der Waals surface area (Å²) in [6, 6.07) is 8.62. The van der Waals surface area contributed by atoms with E-state index >= 15 is 0 Å². The van der Waals surface area contributed by atoms with Crippen LogP contribution in [0.4, 0.5) is 22.0 Å². The van der Waals surface area contributed by atoms with E-state index in [1.54, 1.807) is 0 Å². The number of nitrogens with zero attached hydrogens (tertiary/aromatic N) is 4. The molecule has 0 spiro atoms. The average molecular weight is 452 g/mol. The summed E-state index contributed by atoms with van der Waals surface area (Å²) in [5.74, 6) is -2.83. The summed E-state index contributed by atoms with van der Waals surface area (Å²) in [6.45, 7) is -0.288. The largest absolute Gasteiger partial charge is 0.461 e. The van der Waals surface area contributed by atoms with Gasteiger partial charge in [-0.15, -0.1) is 0 Å². The molecule has 0 radical (unpaired) electrons. The molecule has 4 N–H and O–H groups in total. The number of carbonyl (C=O) groups is 1. The molecule has 0 aliphatic rings. The second-order valence-corrected chi connectivity index (χ2v) is 6.72. The Hall–Kier alpha value is -3.71. The van der Waals surface area contributed by atoms with Gasteiger partial charge in [-0.25, -0.2) is 20.8 Å². The first-order valence-electron chi connectivity index (χ1n) is 8.93. The van der Waals surface area contributed by atoms with Crippen LogP contribution >= 0.6 is 0 Å². The summed E-state index contributed by atoms with van der Waals surface area (Å²) < 4.78 is 68.7. The van der Waals surface area contributed by atoms with Crippen LogP contribution in [0.1, 0.15) is 21.9 Å². The van der Waals surface area contributed by atoms with Crippen LogP contribution in [0.5, 0.6) is 0 Å². The van der Waals surface area contributed by atoms with Crippen molar-refractivity contribution in [1.82, 2.24) is 24.8 Å². The molecule has 0 fully saturated rings. The molecule has 0 aliphatic carbocycles. The fraction of sp³-hybridized carbons (Fsp3) is 0.158. The number of carbonyl (C=O) groups excluding carboxylic acids is 1. The minimum absolute atomic E-state index is 0.0673. The van der Waals surface area contributed by atoms with Crippen molar-refractivity contribution in [3.63, 3.8) is 0 Å². The fourth-order valence-electron chi connectivity index (χ4n) is 3.07. The van der Waals surface area contributed by atoms with Gasteiger partial charge in [0.25, 0.3) is 5.91 Å². The summed E-state index contributed by atoms with van der Waals surface area (Å²) >= 11 is 0. The molecule has 0 atom stereocenters. The number of nitrogens with one attached hydrogen (secondary N) is 1. The van der Waals surface area contributed by atoms with Crippen LogP contribution in [0.2, 0.25) is 0 Å². The molecule has 1 aromatic carbocycles. The average Bonchev–Trinajstić information content (AvgIpc) is 3.22. The number of hydrazine groups is 1. The Morgan fingerprint density at radius 1 is 1.03 bits per heavy atom. The minimum Gasteiger partial charge on any atom is -0.392 e. The van der Waals surface area contributed by atoms with Gasteiger partial charge in [0.2, 0.25) is 5.82 Å². The Balaban J connectivity index is 2.07. The van der Waals surface area contributed by atoms with Gasteiger partial charge in [-0.3, -0.25) is 14.6 Å². The van der Waals surface area contributed by atoms with Crippen molar-refractivity contribution in [1.29, 1.82) is 0 Å². The number of fused-ring (bicyclic) bond motifs is 3. The molecule has 4 aromatic rings. The van der Waals surface area contributed by atoms with Crippen molar-refractivity contribution < 1.29 is 31.9 Å². The van der Waals surface area contributed by atoms with Gasteiger partial charge in [0.15, 0.2) is 0 Å². The van der Waals surface area contributed by atoms with Crippen molar-refractivity contribution >= 4 is 22.6 Å². The number of rotatable bonds is 4. The maximum atomic E-state index is 14.2. The van der Waals surface area contributed by atoms with E-state index in [-0.39, 0.29) is 40.2 Å². The zero-order valence-electron chi connectivity index (χ0n) is 15.9. The smallest absolute Gasteiger partial charge is 0.392 e. The maximum absolute atomic E-state index is 14.2. The summed E-state index contributed by atoms with van der Waals surface area (Å²) in [5.41, 5.74) is 1.93. The lowest BCUT2D eigenvalue weighted by atomic mass is 10.1. The van der Waals surface area contributed by atoms with E-state index in [9.17, 15) is 31.9 Å². The minimum atomic E-state index is -5.94. The number of nitrogens with two attached hydrogens (primary N) is 1. The number of aromatic nitrogens is 4. The highest BCUT2D eigenvalue weighted by atomic mass is 19.4. The quantitative estimate of drug-likeness (QED) is 0.190. The van der Waals surface area contributed by atoms with Gasteiger partial charge >= 0.3 is 12.1 Å². The molecule has 3 aromatic heterocycles. The fourth-order valence-corrected chi connectivity index (χ4v) is 3.07. The lowest BCUT2D eigenvalue weighted by Gasteiger charge is -2.19. The molecule has 3 heterocycles. The second kappa shape index (κ2) is 7.46. The standard InChI is InChI=1S/C19H13F5N6O2/c20-18(21,19(22,23)24)17-27-14(10-3-1-9(8-31)2-4-10)11-5-6-13-26-12(16(32)29-25)7-30(13)15(11)28-17/h1-7,31H,8,25H2,(H,29,32). The molecule has 13 heteroatoms. The lowest BCUT2D eigenvalue weighted by molar-refractivity contribution is -0.292. The number of hydrogen-bond donors (Lipinski definition) is 3. The number of benzene rings is 1. The van der Waals surface area contributed by atoms with E-state index in [1.807, 2.05) is 5.43 Å². The predicted molar refractivity (Wildman–Crippen MR) is 101 cm³/mol. The van der Waals surface area contributed by atoms with Gasteiger partial charge in [0, 0.05) is 17.1 Å². The van der Waals surface area contributed by atoms with E-state index in [2.05, 4.69) is 15.0 Å². The molecule has 0 unspecified atom stereocenters. The van der Waals surface area contributed by atoms with Crippen LogP contribution in [0.15, 0.2) is 42.6 Å². The molecule has 166 valence electrons. The first kappa shape index (κ1) is 21.5. The van der Waals surface area contributed by atoms with Gasteiger partial charge in [-0.2, -0.15) is 22.0 Å². The number of hydrogen-bond acceptors (Lipinski definition) is 6. The highest BCUT2D eigenvalue weighted by Crippen LogP contribution is 2.43. The van der Waals surface area contributed by atoms with Gasteiger partial charge in [-0.05, 0) is 17.7 Å². The molecule has 0 saturated heterocycles. The number of pyridine rings is 1. The van der Waals surface area contributed by atoms with E-state index < -0.39 is 23.8 Å². The number of aliphatic hydroxyl groups excluding tert-OH is 1. The SMILES string of the molecule is NNC(=O)c1cn2c(ccc3c(-c4ccc(CO)cc4)nc(C(F)(F)C(F)(F)F)nc32)n1. The van der Waals surface area contributed by atoms with Crippen LogP contribution < -0.4 is 11.3 Å². The molecule has 0 saturated carbocycles. The van der Waals surface area contributed by atoms with Gasteiger partial charge < -0.3 is 5.11 Å². The number of amides is 1. The third kappa shape index (κ3) is 3.40. The molecule has 4 rings (SSSR count). The molecular weight excluding hydrogens is 439 g/mol. The monoisotopic (exact) mass is 452 g/mol. The van der Waals surface area contributed by atoms with E-state index in [0.717, 1.165) is 10.6 Å². The van der Waals surface area contributed by atoms with E-state index in [4.69, 9.17) is 5.84 Å². The normalized spacial score (nSPS) is 12.5. The van der Waals surface area contributed by atoms with Gasteiger partial charge in [0.05, 0.1) is 12.3 Å². The first-order chi connectivity index (χ1) is 15.1. The summed E-state index contributed by atoms with van der Waals surface area (Å²) in [4.78, 5) is 22.8. The highest BCUT2D eigenvalue weighted by molar-refractivity contribution is 5.95. The third-order valence-corrected chi connectivity index (χ3v) is 4.70. The predicted octanol–water partition coefficient (Wildman–Crippen LogP) is 2.69. The molecule has 1 amide bonds. The molecular formula is C19H13F5N6O2. The van der Waals surface area contributed by atoms with Crippen molar-refractivity contribution in [2.75, 3.05) is 0 Å². The van der Waals surface area contributed by atoms with Crippen molar-refractivity contribution in [3.8, 4) is 11.3 Å². The van der Waals surface area contributed by atoms with Crippen molar-refractivity contribution in [3.05, 3.63) is 59.7 Å². The second-order valence-electron chi connectivity index (χ2n) is 6.72. The number of aliphatic hydroxyl groups is 1. The van der Waals surface area contributed by atoms with Gasteiger partial charge in [0.1, 0.15) is 17.0 Å². The number of nitrogen functional groups attached to an aromatic ring is 1. The zero-order valence-corrected chi connectivity index (χ0v) is 15.9. The molecule has 8 nitrogen and oxygen atoms in total. The van der Waals surface area contributed by atoms with Crippen LogP contribution in [-0.4, -0.2) is 36.5 Å². The summed E-state index contributed by atoms with van der Waals surface area (Å²) in [7, 11) is 0. The highest BCUT2D eigenvalue weighted by Gasteiger charge is 2.61. The Labute approximate surface area is 175 Å². The summed E-state index contributed by atoms with van der Waals surface area (Å²) in [6.07, 6.45) is -4.83. The van der Waals surface area contributed by atoms with E-state index in [1.165, 1.54) is 36.4 Å². The Bertz CT molecular complexity index is 1330. The van der Waals surface area contributed by atoms with Crippen molar-refractivity contribution in [2.45, 2.75) is 18.7 Å². The molecule has 32 heavy (non-hydrogen) atoms. The Kier molecular flexibility index (Phi) is 5.02. The summed E-state index contributed by atoms with van der Waals surface area (Å²) in [5, 5.41) is 9.33. The van der Waals surface area contributed by atoms with E-state index in [0.29, 0.717) is 5.56 Å². The number of halogens is 5. The van der Waals surface area contributed by atoms with Crippen LogP contribution in [0.3, 0.4) is 0 Å². The molecule has 0 aliphatic heterocycles. The first-order valence-corrected chi connectivity index (χ1v) is 8.93.